The Hall–Kier alpha value is -1.50. The molecule has 5 nitrogen and oxygen atoms in total. The zero-order valence-electron chi connectivity index (χ0n) is 16.8. The average molecular weight is 378 g/mol. The Kier molecular flexibility index (Phi) is 6.50. The van der Waals surface area contributed by atoms with E-state index in [1.807, 2.05) is 24.0 Å². The van der Waals surface area contributed by atoms with Gasteiger partial charge in [0.1, 0.15) is 5.82 Å². The van der Waals surface area contributed by atoms with Crippen molar-refractivity contribution >= 4 is 5.91 Å². The molecule has 2 heterocycles. The van der Waals surface area contributed by atoms with Gasteiger partial charge in [-0.05, 0) is 44.0 Å². The monoisotopic (exact) mass is 377 g/mol. The number of piperazine rings is 1. The molecule has 0 N–H and O–H groups in total. The maximum atomic E-state index is 13.6. The fourth-order valence-electron chi connectivity index (χ4n) is 4.41. The molecule has 0 aromatic heterocycles. The molecule has 1 unspecified atom stereocenters. The number of halogens is 1. The minimum absolute atomic E-state index is 0.0325. The summed E-state index contributed by atoms with van der Waals surface area (Å²) in [5.74, 6) is 0.0932. The first kappa shape index (κ1) is 20.2. The van der Waals surface area contributed by atoms with Crippen LogP contribution in [-0.4, -0.2) is 79.6 Å². The van der Waals surface area contributed by atoms with Crippen LogP contribution in [0, 0.1) is 12.7 Å². The Morgan fingerprint density at radius 2 is 2.04 bits per heavy atom. The highest BCUT2D eigenvalue weighted by atomic mass is 19.1. The van der Waals surface area contributed by atoms with Crippen molar-refractivity contribution in [2.24, 2.45) is 0 Å². The molecule has 1 spiro atoms. The van der Waals surface area contributed by atoms with Gasteiger partial charge in [0, 0.05) is 58.3 Å². The molecular formula is C21H32FN3O2. The number of carbonyl (C=O) groups is 1. The van der Waals surface area contributed by atoms with Crippen molar-refractivity contribution < 1.29 is 13.9 Å². The number of hydrogen-bond acceptors (Lipinski definition) is 4. The number of benzene rings is 1. The summed E-state index contributed by atoms with van der Waals surface area (Å²) in [6.07, 6.45) is 2.47. The van der Waals surface area contributed by atoms with Crippen molar-refractivity contribution in [3.8, 4) is 0 Å². The number of rotatable bonds is 5. The Labute approximate surface area is 162 Å². The van der Waals surface area contributed by atoms with Crippen molar-refractivity contribution in [1.82, 2.24) is 14.7 Å². The van der Waals surface area contributed by atoms with E-state index in [2.05, 4.69) is 16.8 Å². The largest absolute Gasteiger partial charge is 0.383 e. The van der Waals surface area contributed by atoms with Gasteiger partial charge in [-0.3, -0.25) is 14.6 Å². The molecule has 2 saturated heterocycles. The quantitative estimate of drug-likeness (QED) is 0.789. The Morgan fingerprint density at radius 3 is 2.78 bits per heavy atom. The van der Waals surface area contributed by atoms with Crippen molar-refractivity contribution in [3.63, 3.8) is 0 Å². The Bertz CT molecular complexity index is 669. The molecule has 1 aromatic carbocycles. The molecule has 0 aliphatic carbocycles. The molecule has 6 heteroatoms. The van der Waals surface area contributed by atoms with E-state index in [-0.39, 0.29) is 17.3 Å². The second-order valence-electron chi connectivity index (χ2n) is 8.06. The number of aryl methyl sites for hydroxylation is 1. The van der Waals surface area contributed by atoms with Crippen LogP contribution in [0.3, 0.4) is 0 Å². The van der Waals surface area contributed by atoms with Gasteiger partial charge in [0.2, 0.25) is 5.91 Å². The Morgan fingerprint density at radius 1 is 1.22 bits per heavy atom. The summed E-state index contributed by atoms with van der Waals surface area (Å²) >= 11 is 0. The number of carbonyl (C=O) groups excluding carboxylic acids is 1. The summed E-state index contributed by atoms with van der Waals surface area (Å²) in [4.78, 5) is 19.4. The summed E-state index contributed by atoms with van der Waals surface area (Å²) < 4.78 is 18.7. The number of ether oxygens (including phenoxy) is 1. The highest BCUT2D eigenvalue weighted by Crippen LogP contribution is 2.32. The number of likely N-dealkylation sites (tertiary alicyclic amines) is 1. The molecule has 0 bridgehead atoms. The van der Waals surface area contributed by atoms with Gasteiger partial charge in [0.25, 0.3) is 0 Å². The number of likely N-dealkylation sites (N-methyl/N-ethyl adjacent to an activating group) is 1. The van der Waals surface area contributed by atoms with Crippen molar-refractivity contribution in [2.45, 2.75) is 38.3 Å². The van der Waals surface area contributed by atoms with Crippen LogP contribution in [0.25, 0.3) is 0 Å². The lowest BCUT2D eigenvalue weighted by atomic mass is 9.86. The fourth-order valence-corrected chi connectivity index (χ4v) is 4.41. The van der Waals surface area contributed by atoms with Crippen LogP contribution < -0.4 is 0 Å². The van der Waals surface area contributed by atoms with Gasteiger partial charge >= 0.3 is 0 Å². The molecule has 0 saturated carbocycles. The number of hydrogen-bond donors (Lipinski definition) is 0. The lowest BCUT2D eigenvalue weighted by Crippen LogP contribution is -2.60. The normalized spacial score (nSPS) is 25.2. The zero-order chi connectivity index (χ0) is 19.4. The predicted octanol–water partition coefficient (Wildman–Crippen LogP) is 2.28. The van der Waals surface area contributed by atoms with Gasteiger partial charge in [0.05, 0.1) is 6.61 Å². The smallest absolute Gasteiger partial charge is 0.222 e. The molecule has 27 heavy (non-hydrogen) atoms. The third kappa shape index (κ3) is 4.68. The lowest BCUT2D eigenvalue weighted by Gasteiger charge is -2.49. The predicted molar refractivity (Wildman–Crippen MR) is 104 cm³/mol. The molecule has 1 atom stereocenters. The van der Waals surface area contributed by atoms with E-state index in [4.69, 9.17) is 4.74 Å². The van der Waals surface area contributed by atoms with Gasteiger partial charge in [-0.15, -0.1) is 0 Å². The molecule has 0 radical (unpaired) electrons. The Balaban J connectivity index is 1.68. The molecular weight excluding hydrogens is 345 g/mol. The number of nitrogens with zero attached hydrogens (tertiary/aromatic N) is 3. The summed E-state index contributed by atoms with van der Waals surface area (Å²) in [6, 6.07) is 5.40. The highest BCUT2D eigenvalue weighted by Gasteiger charge is 2.42. The first-order valence-corrected chi connectivity index (χ1v) is 9.89. The van der Waals surface area contributed by atoms with E-state index >= 15 is 0 Å². The van der Waals surface area contributed by atoms with Gasteiger partial charge in [0.15, 0.2) is 0 Å². The van der Waals surface area contributed by atoms with Crippen LogP contribution in [0.5, 0.6) is 0 Å². The lowest BCUT2D eigenvalue weighted by molar-refractivity contribution is -0.131. The first-order chi connectivity index (χ1) is 12.9. The molecule has 2 fully saturated rings. The SMILES string of the molecule is COCCN1CCC2(CCC1=O)CN(Cc1ccc(F)c(C)c1)CCN2C. The van der Waals surface area contributed by atoms with E-state index in [0.717, 1.165) is 51.1 Å². The van der Waals surface area contributed by atoms with E-state index in [9.17, 15) is 9.18 Å². The van der Waals surface area contributed by atoms with Crippen molar-refractivity contribution in [2.75, 3.05) is 53.5 Å². The summed E-state index contributed by atoms with van der Waals surface area (Å²) in [6.45, 7) is 7.63. The van der Waals surface area contributed by atoms with Crippen LogP contribution in [0.4, 0.5) is 4.39 Å². The van der Waals surface area contributed by atoms with E-state index in [1.54, 1.807) is 13.2 Å². The second-order valence-corrected chi connectivity index (χ2v) is 8.06. The van der Waals surface area contributed by atoms with Gasteiger partial charge in [-0.2, -0.15) is 0 Å². The minimum Gasteiger partial charge on any atom is -0.383 e. The van der Waals surface area contributed by atoms with Crippen LogP contribution in [-0.2, 0) is 16.1 Å². The molecule has 150 valence electrons. The number of amides is 1. The third-order valence-electron chi connectivity index (χ3n) is 6.28. The van der Waals surface area contributed by atoms with E-state index in [0.29, 0.717) is 25.1 Å². The third-order valence-corrected chi connectivity index (χ3v) is 6.28. The van der Waals surface area contributed by atoms with Crippen molar-refractivity contribution in [3.05, 3.63) is 35.1 Å². The minimum atomic E-state index is -0.146. The second kappa shape index (κ2) is 8.67. The van der Waals surface area contributed by atoms with E-state index < -0.39 is 0 Å². The van der Waals surface area contributed by atoms with Gasteiger partial charge in [-0.1, -0.05) is 12.1 Å². The zero-order valence-corrected chi connectivity index (χ0v) is 16.8. The van der Waals surface area contributed by atoms with Crippen LogP contribution in [0.1, 0.15) is 30.4 Å². The average Bonchev–Trinajstić information content (AvgIpc) is 2.80. The topological polar surface area (TPSA) is 36.0 Å². The van der Waals surface area contributed by atoms with E-state index in [1.165, 1.54) is 0 Å². The maximum absolute atomic E-state index is 13.6. The summed E-state index contributed by atoms with van der Waals surface area (Å²) in [5, 5.41) is 0. The molecule has 2 aliphatic rings. The van der Waals surface area contributed by atoms with Gasteiger partial charge in [-0.25, -0.2) is 4.39 Å². The van der Waals surface area contributed by atoms with Crippen molar-refractivity contribution in [1.29, 1.82) is 0 Å². The molecule has 1 amide bonds. The van der Waals surface area contributed by atoms with Crippen LogP contribution in [0.15, 0.2) is 18.2 Å². The molecule has 3 rings (SSSR count). The fraction of sp³-hybridized carbons (Fsp3) is 0.667. The summed E-state index contributed by atoms with van der Waals surface area (Å²) in [7, 11) is 3.86. The number of methoxy groups -OCH3 is 1. The molecule has 2 aliphatic heterocycles. The molecule has 1 aromatic rings. The highest BCUT2D eigenvalue weighted by molar-refractivity contribution is 5.76. The summed E-state index contributed by atoms with van der Waals surface area (Å²) in [5.41, 5.74) is 1.88. The maximum Gasteiger partial charge on any atom is 0.222 e. The van der Waals surface area contributed by atoms with Crippen LogP contribution >= 0.6 is 0 Å². The van der Waals surface area contributed by atoms with Gasteiger partial charge < -0.3 is 9.64 Å². The standard InChI is InChI=1S/C21H32FN3O2/c1-17-14-18(4-5-19(17)22)15-24-11-10-23(2)21(16-24)7-6-20(26)25(9-8-21)12-13-27-3/h4-5,14H,6-13,15-16H2,1-3H3. The van der Waals surface area contributed by atoms with Crippen LogP contribution in [0.2, 0.25) is 0 Å². The first-order valence-electron chi connectivity index (χ1n) is 9.89.